The predicted octanol–water partition coefficient (Wildman–Crippen LogP) is 13.0. The first-order valence-corrected chi connectivity index (χ1v) is 19.1. The molecule has 266 valence electrons. The normalized spacial score (nSPS) is 11.9. The van der Waals surface area contributed by atoms with E-state index in [0.29, 0.717) is 17.5 Å². The highest BCUT2D eigenvalue weighted by molar-refractivity contribution is 6.25. The van der Waals surface area contributed by atoms with E-state index in [2.05, 4.69) is 124 Å². The van der Waals surface area contributed by atoms with Crippen molar-refractivity contribution in [3.63, 3.8) is 0 Å². The fourth-order valence-electron chi connectivity index (χ4n) is 8.75. The van der Waals surface area contributed by atoms with Crippen molar-refractivity contribution in [2.24, 2.45) is 0 Å². The van der Waals surface area contributed by atoms with Gasteiger partial charge in [0.05, 0.1) is 33.1 Å². The first-order valence-electron chi connectivity index (χ1n) is 19.1. The molecule has 6 heteroatoms. The molecule has 8 aromatic carbocycles. The molecule has 12 aromatic rings. The third-order valence-electron chi connectivity index (χ3n) is 11.2. The molecule has 0 atom stereocenters. The predicted molar refractivity (Wildman–Crippen MR) is 232 cm³/mol. The van der Waals surface area contributed by atoms with Crippen LogP contribution in [0.25, 0.3) is 111 Å². The Morgan fingerprint density at radius 3 is 1.47 bits per heavy atom. The molecule has 6 nitrogen and oxygen atoms in total. The van der Waals surface area contributed by atoms with E-state index in [0.717, 1.165) is 72.1 Å². The molecule has 4 aromatic heterocycles. The van der Waals surface area contributed by atoms with Crippen LogP contribution >= 0.6 is 0 Å². The number of nitrogens with zero attached hydrogens (tertiary/aromatic N) is 5. The molecule has 0 N–H and O–H groups in total. The fourth-order valence-corrected chi connectivity index (χ4v) is 8.75. The van der Waals surface area contributed by atoms with Crippen LogP contribution in [0.4, 0.5) is 0 Å². The van der Waals surface area contributed by atoms with Gasteiger partial charge in [0.25, 0.3) is 0 Å². The minimum Gasteiger partial charge on any atom is -0.456 e. The topological polar surface area (TPSA) is 61.7 Å². The molecule has 0 spiro atoms. The number of para-hydroxylation sites is 3. The number of rotatable bonds is 5. The summed E-state index contributed by atoms with van der Waals surface area (Å²) in [7, 11) is 0. The average molecular weight is 730 g/mol. The van der Waals surface area contributed by atoms with E-state index in [1.54, 1.807) is 0 Å². The number of hydrogen-bond acceptors (Lipinski definition) is 4. The van der Waals surface area contributed by atoms with Gasteiger partial charge in [-0.2, -0.15) is 0 Å². The second-order valence-corrected chi connectivity index (χ2v) is 14.4. The van der Waals surface area contributed by atoms with E-state index in [-0.39, 0.29) is 0 Å². The molecule has 0 aliphatic heterocycles. The summed E-state index contributed by atoms with van der Waals surface area (Å²) in [5.41, 5.74) is 11.0. The maximum absolute atomic E-state index is 6.75. The molecule has 0 fully saturated rings. The van der Waals surface area contributed by atoms with Gasteiger partial charge in [-0.25, -0.2) is 15.0 Å². The van der Waals surface area contributed by atoms with E-state index >= 15 is 0 Å². The molecule has 0 unspecified atom stereocenters. The second-order valence-electron chi connectivity index (χ2n) is 14.4. The summed E-state index contributed by atoms with van der Waals surface area (Å²) in [5.74, 6) is 1.81. The van der Waals surface area contributed by atoms with Crippen LogP contribution in [0.15, 0.2) is 192 Å². The van der Waals surface area contributed by atoms with E-state index in [1.807, 2.05) is 72.8 Å². The Balaban J connectivity index is 1.22. The summed E-state index contributed by atoms with van der Waals surface area (Å²) >= 11 is 0. The highest BCUT2D eigenvalue weighted by Gasteiger charge is 2.25. The molecule has 0 amide bonds. The van der Waals surface area contributed by atoms with Crippen LogP contribution in [0.5, 0.6) is 0 Å². The van der Waals surface area contributed by atoms with Crippen molar-refractivity contribution in [1.29, 1.82) is 0 Å². The Morgan fingerprint density at radius 1 is 0.351 bits per heavy atom. The van der Waals surface area contributed by atoms with Crippen molar-refractivity contribution < 1.29 is 4.42 Å². The molecular weight excluding hydrogens is 699 g/mol. The summed E-state index contributed by atoms with van der Waals surface area (Å²) < 4.78 is 11.6. The zero-order valence-electron chi connectivity index (χ0n) is 30.5. The van der Waals surface area contributed by atoms with Crippen molar-refractivity contribution in [3.05, 3.63) is 188 Å². The molecule has 0 saturated carbocycles. The summed E-state index contributed by atoms with van der Waals surface area (Å²) in [6, 6.07) is 65.4. The lowest BCUT2D eigenvalue weighted by Gasteiger charge is -2.14. The van der Waals surface area contributed by atoms with Gasteiger partial charge in [-0.1, -0.05) is 146 Å². The lowest BCUT2D eigenvalue weighted by molar-refractivity contribution is 0.669. The van der Waals surface area contributed by atoms with Gasteiger partial charge in [0.15, 0.2) is 17.5 Å². The third kappa shape index (κ3) is 4.74. The molecule has 0 saturated heterocycles. The molecule has 0 bridgehead atoms. The largest absolute Gasteiger partial charge is 0.456 e. The first-order chi connectivity index (χ1) is 28.3. The monoisotopic (exact) mass is 729 g/mol. The Morgan fingerprint density at radius 2 is 0.842 bits per heavy atom. The number of hydrogen-bond donors (Lipinski definition) is 0. The Hall–Kier alpha value is -7.83. The van der Waals surface area contributed by atoms with Gasteiger partial charge < -0.3 is 13.6 Å². The fraction of sp³-hybridized carbons (Fsp3) is 0. The van der Waals surface area contributed by atoms with Crippen LogP contribution in [0.1, 0.15) is 0 Å². The van der Waals surface area contributed by atoms with E-state index in [9.17, 15) is 0 Å². The summed E-state index contributed by atoms with van der Waals surface area (Å²) in [4.78, 5) is 15.3. The van der Waals surface area contributed by atoms with E-state index in [4.69, 9.17) is 19.4 Å². The summed E-state index contributed by atoms with van der Waals surface area (Å²) in [6.45, 7) is 0. The van der Waals surface area contributed by atoms with Crippen molar-refractivity contribution >= 4 is 65.6 Å². The molecular formula is C51H31N5O. The number of benzene rings is 8. The number of furan rings is 1. The van der Waals surface area contributed by atoms with Gasteiger partial charge in [0, 0.05) is 49.3 Å². The van der Waals surface area contributed by atoms with Gasteiger partial charge in [0.2, 0.25) is 0 Å². The third-order valence-corrected chi connectivity index (χ3v) is 11.2. The lowest BCUT2D eigenvalue weighted by Crippen LogP contribution is -2.01. The average Bonchev–Trinajstić information content (AvgIpc) is 3.95. The highest BCUT2D eigenvalue weighted by Crippen LogP contribution is 2.45. The first kappa shape index (κ1) is 31.5. The van der Waals surface area contributed by atoms with Gasteiger partial charge >= 0.3 is 0 Å². The number of aromatic nitrogens is 5. The van der Waals surface area contributed by atoms with E-state index in [1.165, 1.54) is 21.5 Å². The summed E-state index contributed by atoms with van der Waals surface area (Å²) in [5, 5.41) is 6.72. The molecule has 4 heterocycles. The van der Waals surface area contributed by atoms with Crippen LogP contribution in [-0.4, -0.2) is 24.1 Å². The van der Waals surface area contributed by atoms with Gasteiger partial charge in [0.1, 0.15) is 11.2 Å². The van der Waals surface area contributed by atoms with Crippen molar-refractivity contribution in [2.75, 3.05) is 0 Å². The molecule has 57 heavy (non-hydrogen) atoms. The zero-order valence-corrected chi connectivity index (χ0v) is 30.5. The van der Waals surface area contributed by atoms with Gasteiger partial charge in [-0.05, 0) is 42.5 Å². The van der Waals surface area contributed by atoms with Crippen LogP contribution in [-0.2, 0) is 0 Å². The van der Waals surface area contributed by atoms with Gasteiger partial charge in [-0.3, -0.25) is 0 Å². The Labute approximate surface area is 326 Å². The lowest BCUT2D eigenvalue weighted by atomic mass is 10.0. The Bertz CT molecular complexity index is 3450. The molecule has 0 aliphatic carbocycles. The zero-order chi connectivity index (χ0) is 37.5. The van der Waals surface area contributed by atoms with Crippen molar-refractivity contribution in [1.82, 2.24) is 24.1 Å². The smallest absolute Gasteiger partial charge is 0.164 e. The quantitative estimate of drug-likeness (QED) is 0.177. The molecule has 12 rings (SSSR count). The summed E-state index contributed by atoms with van der Waals surface area (Å²) in [6.07, 6.45) is 0. The number of fused-ring (bicyclic) bond motifs is 10. The second kappa shape index (κ2) is 12.3. The maximum Gasteiger partial charge on any atom is 0.164 e. The minimum absolute atomic E-state index is 0.583. The molecule has 0 radical (unpaired) electrons. The minimum atomic E-state index is 0.583. The molecule has 0 aliphatic rings. The van der Waals surface area contributed by atoms with Crippen LogP contribution in [0, 0.1) is 0 Å². The van der Waals surface area contributed by atoms with E-state index < -0.39 is 0 Å². The van der Waals surface area contributed by atoms with Crippen molar-refractivity contribution in [3.8, 4) is 45.5 Å². The van der Waals surface area contributed by atoms with Crippen LogP contribution in [0.3, 0.4) is 0 Å². The van der Waals surface area contributed by atoms with Crippen LogP contribution in [0.2, 0.25) is 0 Å². The highest BCUT2D eigenvalue weighted by atomic mass is 16.3. The van der Waals surface area contributed by atoms with Crippen LogP contribution < -0.4 is 0 Å². The SMILES string of the molecule is c1ccc(-c2nc(-c3ccccc3)nc(-c3cccc4oc5cccc(-n6c7ccccc7c7ccc8c9ccccc9n(-c9ccccc9)c8c76)c5c34)n2)cc1. The Kier molecular flexibility index (Phi) is 6.83. The maximum atomic E-state index is 6.75. The van der Waals surface area contributed by atoms with Crippen molar-refractivity contribution in [2.45, 2.75) is 0 Å². The standard InChI is InChI=1S/C51H31N5O/c1-4-16-32(17-5-1)49-52-50(33-18-6-2-7-19-33)54-51(53-49)39-24-14-28-43-45(39)46-42(27-15-29-44(46)57-43)56-41-26-13-11-23-36(41)38-31-30-37-35-22-10-12-25-40(35)55(47(37)48(38)56)34-20-8-3-9-21-34/h1-31H. The van der Waals surface area contributed by atoms with Gasteiger partial charge in [-0.15, -0.1) is 0 Å².